The zero-order chi connectivity index (χ0) is 23.3. The van der Waals surface area contributed by atoms with E-state index >= 15 is 0 Å². The Labute approximate surface area is 199 Å². The molecule has 0 aliphatic carbocycles. The van der Waals surface area contributed by atoms with Crippen molar-refractivity contribution in [3.8, 4) is 11.5 Å². The molecule has 1 fully saturated rings. The number of aromatic amines is 1. The van der Waals surface area contributed by atoms with Gasteiger partial charge in [-0.3, -0.25) is 4.90 Å². The Hall–Kier alpha value is -3.36. The Balaban J connectivity index is 1.49. The number of nitrogens with zero attached hydrogens (tertiary/aromatic N) is 4. The van der Waals surface area contributed by atoms with Crippen molar-refractivity contribution in [2.45, 2.75) is 13.0 Å². The fourth-order valence-electron chi connectivity index (χ4n) is 4.65. The number of aromatic nitrogens is 3. The molecule has 1 saturated heterocycles. The van der Waals surface area contributed by atoms with E-state index in [9.17, 15) is 0 Å². The molecular weight excluding hydrogens is 430 g/mol. The first-order valence-electron chi connectivity index (χ1n) is 11.7. The van der Waals surface area contributed by atoms with Gasteiger partial charge in [0.2, 0.25) is 0 Å². The molecule has 0 saturated carbocycles. The zero-order valence-electron chi connectivity index (χ0n) is 19.8. The van der Waals surface area contributed by atoms with Crippen molar-refractivity contribution in [2.75, 3.05) is 58.5 Å². The standard InChI is InChI=1S/C26H31N5O3/c1-32-20-8-9-23(33-2)19(16-20)17-31(11-5-10-30-12-14-34-15-13-30)26-25-24(27-18-28-26)21-6-3-4-7-22(21)29-25/h3-4,6-9,16,18,29H,5,10-15,17H2,1-2H3. The predicted octanol–water partition coefficient (Wildman–Crippen LogP) is 3.86. The van der Waals surface area contributed by atoms with Crippen molar-refractivity contribution in [1.82, 2.24) is 19.9 Å². The van der Waals surface area contributed by atoms with Crippen LogP contribution in [0.15, 0.2) is 48.8 Å². The normalized spacial score (nSPS) is 14.5. The summed E-state index contributed by atoms with van der Waals surface area (Å²) in [4.78, 5) is 17.7. The summed E-state index contributed by atoms with van der Waals surface area (Å²) < 4.78 is 16.7. The van der Waals surface area contributed by atoms with Gasteiger partial charge in [-0.2, -0.15) is 0 Å². The van der Waals surface area contributed by atoms with E-state index in [1.807, 2.05) is 30.3 Å². The maximum absolute atomic E-state index is 5.67. The smallest absolute Gasteiger partial charge is 0.156 e. The van der Waals surface area contributed by atoms with Crippen LogP contribution in [-0.4, -0.2) is 73.5 Å². The van der Waals surface area contributed by atoms with E-state index < -0.39 is 0 Å². The molecule has 2 aromatic carbocycles. The van der Waals surface area contributed by atoms with Gasteiger partial charge in [0.25, 0.3) is 0 Å². The van der Waals surface area contributed by atoms with Crippen molar-refractivity contribution in [3.05, 3.63) is 54.4 Å². The molecule has 2 aromatic heterocycles. The summed E-state index contributed by atoms with van der Waals surface area (Å²) in [6, 6.07) is 14.2. The van der Waals surface area contributed by atoms with Crippen molar-refractivity contribution < 1.29 is 14.2 Å². The highest BCUT2D eigenvalue weighted by Crippen LogP contribution is 2.32. The van der Waals surface area contributed by atoms with Crippen LogP contribution in [0.4, 0.5) is 5.82 Å². The van der Waals surface area contributed by atoms with Crippen LogP contribution in [0.1, 0.15) is 12.0 Å². The minimum atomic E-state index is 0.644. The Morgan fingerprint density at radius 2 is 1.91 bits per heavy atom. The van der Waals surface area contributed by atoms with E-state index in [0.29, 0.717) is 6.54 Å². The molecule has 0 unspecified atom stereocenters. The van der Waals surface area contributed by atoms with Gasteiger partial charge >= 0.3 is 0 Å². The third-order valence-corrected chi connectivity index (χ3v) is 6.42. The van der Waals surface area contributed by atoms with E-state index in [2.05, 4.69) is 31.9 Å². The molecule has 0 amide bonds. The lowest BCUT2D eigenvalue weighted by Gasteiger charge is -2.29. The molecule has 1 aliphatic heterocycles. The van der Waals surface area contributed by atoms with Crippen LogP contribution in [0.5, 0.6) is 11.5 Å². The van der Waals surface area contributed by atoms with Crippen molar-refractivity contribution in [3.63, 3.8) is 0 Å². The predicted molar refractivity (Wildman–Crippen MR) is 134 cm³/mol. The number of para-hydroxylation sites is 1. The fourth-order valence-corrected chi connectivity index (χ4v) is 4.65. The molecule has 5 rings (SSSR count). The highest BCUT2D eigenvalue weighted by molar-refractivity contribution is 6.08. The Bertz CT molecular complexity index is 1250. The molecule has 178 valence electrons. The number of morpholine rings is 1. The first-order chi connectivity index (χ1) is 16.8. The molecule has 0 radical (unpaired) electrons. The number of fused-ring (bicyclic) bond motifs is 3. The average Bonchev–Trinajstić information content (AvgIpc) is 3.27. The van der Waals surface area contributed by atoms with E-state index in [-0.39, 0.29) is 0 Å². The van der Waals surface area contributed by atoms with Crippen LogP contribution < -0.4 is 14.4 Å². The van der Waals surface area contributed by atoms with Crippen LogP contribution in [0.25, 0.3) is 21.9 Å². The van der Waals surface area contributed by atoms with Gasteiger partial charge in [-0.15, -0.1) is 0 Å². The Morgan fingerprint density at radius 3 is 2.74 bits per heavy atom. The molecule has 1 N–H and O–H groups in total. The van der Waals surface area contributed by atoms with Crippen LogP contribution in [0.2, 0.25) is 0 Å². The Morgan fingerprint density at radius 1 is 1.06 bits per heavy atom. The number of benzene rings is 2. The number of methoxy groups -OCH3 is 2. The SMILES string of the molecule is COc1ccc(OC)c(CN(CCCN2CCOCC2)c2ncnc3c2[nH]c2ccccc23)c1. The van der Waals surface area contributed by atoms with E-state index in [1.165, 1.54) is 0 Å². The molecule has 8 heteroatoms. The number of anilines is 1. The minimum Gasteiger partial charge on any atom is -0.497 e. The number of nitrogens with one attached hydrogen (secondary N) is 1. The van der Waals surface area contributed by atoms with Gasteiger partial charge < -0.3 is 24.1 Å². The van der Waals surface area contributed by atoms with Gasteiger partial charge in [-0.05, 0) is 30.7 Å². The van der Waals surface area contributed by atoms with E-state index in [0.717, 1.165) is 90.6 Å². The highest BCUT2D eigenvalue weighted by Gasteiger charge is 2.19. The lowest BCUT2D eigenvalue weighted by molar-refractivity contribution is 0.0376. The quantitative estimate of drug-likeness (QED) is 0.406. The molecule has 34 heavy (non-hydrogen) atoms. The van der Waals surface area contributed by atoms with Gasteiger partial charge in [0.05, 0.1) is 27.4 Å². The maximum Gasteiger partial charge on any atom is 0.156 e. The molecule has 0 bridgehead atoms. The maximum atomic E-state index is 5.67. The molecule has 0 atom stereocenters. The van der Waals surface area contributed by atoms with Crippen molar-refractivity contribution in [1.29, 1.82) is 0 Å². The summed E-state index contributed by atoms with van der Waals surface area (Å²) in [5, 5.41) is 1.10. The molecule has 8 nitrogen and oxygen atoms in total. The minimum absolute atomic E-state index is 0.644. The lowest BCUT2D eigenvalue weighted by Crippen LogP contribution is -2.38. The summed E-state index contributed by atoms with van der Waals surface area (Å²) in [6.07, 6.45) is 2.67. The Kier molecular flexibility index (Phi) is 6.78. The largest absolute Gasteiger partial charge is 0.497 e. The molecule has 0 spiro atoms. The zero-order valence-corrected chi connectivity index (χ0v) is 19.8. The van der Waals surface area contributed by atoms with Gasteiger partial charge in [0, 0.05) is 49.2 Å². The van der Waals surface area contributed by atoms with Gasteiger partial charge in [-0.25, -0.2) is 9.97 Å². The van der Waals surface area contributed by atoms with Crippen LogP contribution in [0.3, 0.4) is 0 Å². The monoisotopic (exact) mass is 461 g/mol. The van der Waals surface area contributed by atoms with Gasteiger partial charge in [-0.1, -0.05) is 18.2 Å². The second-order valence-corrected chi connectivity index (χ2v) is 8.50. The number of ether oxygens (including phenoxy) is 3. The second-order valence-electron chi connectivity index (χ2n) is 8.50. The van der Waals surface area contributed by atoms with Crippen LogP contribution in [0, 0.1) is 0 Å². The van der Waals surface area contributed by atoms with Gasteiger partial charge in [0.1, 0.15) is 28.9 Å². The third-order valence-electron chi connectivity index (χ3n) is 6.42. The topological polar surface area (TPSA) is 75.7 Å². The molecule has 1 aliphatic rings. The van der Waals surface area contributed by atoms with Gasteiger partial charge in [0.15, 0.2) is 5.82 Å². The first kappa shape index (κ1) is 22.4. The van der Waals surface area contributed by atoms with E-state index in [1.54, 1.807) is 20.5 Å². The summed E-state index contributed by atoms with van der Waals surface area (Å²) in [5.41, 5.74) is 4.01. The summed E-state index contributed by atoms with van der Waals surface area (Å²) in [6.45, 7) is 6.12. The highest BCUT2D eigenvalue weighted by atomic mass is 16.5. The molecule has 3 heterocycles. The summed E-state index contributed by atoms with van der Waals surface area (Å²) in [7, 11) is 3.39. The van der Waals surface area contributed by atoms with E-state index in [4.69, 9.17) is 19.2 Å². The van der Waals surface area contributed by atoms with Crippen molar-refractivity contribution >= 4 is 27.8 Å². The fraction of sp³-hybridized carbons (Fsp3) is 0.385. The first-order valence-corrected chi connectivity index (χ1v) is 11.7. The number of hydrogen-bond acceptors (Lipinski definition) is 7. The third kappa shape index (κ3) is 4.64. The number of hydrogen-bond donors (Lipinski definition) is 1. The van der Waals surface area contributed by atoms with Crippen LogP contribution in [-0.2, 0) is 11.3 Å². The average molecular weight is 462 g/mol. The molecular formula is C26H31N5O3. The summed E-state index contributed by atoms with van der Waals surface area (Å²) >= 11 is 0. The number of rotatable bonds is 9. The second kappa shape index (κ2) is 10.3. The number of H-pyrrole nitrogens is 1. The lowest BCUT2D eigenvalue weighted by atomic mass is 10.1. The van der Waals surface area contributed by atoms with Crippen LogP contribution >= 0.6 is 0 Å². The summed E-state index contributed by atoms with van der Waals surface area (Å²) in [5.74, 6) is 2.54. The van der Waals surface area contributed by atoms with Crippen molar-refractivity contribution in [2.24, 2.45) is 0 Å². The molecule has 4 aromatic rings.